The van der Waals surface area contributed by atoms with Crippen LogP contribution in [0.2, 0.25) is 0 Å². The van der Waals surface area contributed by atoms with Crippen LogP contribution >= 0.6 is 0 Å². The molecule has 354 valence electrons. The van der Waals surface area contributed by atoms with Crippen LogP contribution in [0.1, 0.15) is 32.6 Å². The smallest absolute Gasteiger partial charge is 0.224 e. The molecule has 0 aromatic carbocycles. The number of likely N-dealkylation sites (N-methyl/N-ethyl adjacent to an activating group) is 1. The van der Waals surface area contributed by atoms with Crippen molar-refractivity contribution >= 4 is 5.91 Å². The predicted molar refractivity (Wildman–Crippen MR) is 205 cm³/mol. The van der Waals surface area contributed by atoms with Gasteiger partial charge < -0.3 is 105 Å². The van der Waals surface area contributed by atoms with E-state index in [1.807, 2.05) is 0 Å². The van der Waals surface area contributed by atoms with Crippen LogP contribution in [0.25, 0.3) is 0 Å². The van der Waals surface area contributed by atoms with Gasteiger partial charge in [0.1, 0.15) is 61.0 Å². The maximum Gasteiger partial charge on any atom is 0.224 e. The second kappa shape index (κ2) is 35.1. The molecule has 15 N–H and O–H groups in total. The van der Waals surface area contributed by atoms with Crippen molar-refractivity contribution in [2.75, 3.05) is 119 Å². The fourth-order valence-corrected chi connectivity index (χ4v) is 5.39. The van der Waals surface area contributed by atoms with E-state index in [0.717, 1.165) is 12.8 Å². The maximum absolute atomic E-state index is 12.4. The first-order valence-corrected chi connectivity index (χ1v) is 20.0. The number of carbonyl (C=O) groups excluding carboxylic acids is 1. The van der Waals surface area contributed by atoms with E-state index >= 15 is 0 Å². The van der Waals surface area contributed by atoms with Gasteiger partial charge in [-0.05, 0) is 26.2 Å². The van der Waals surface area contributed by atoms with Gasteiger partial charge in [-0.25, -0.2) is 0 Å². The first-order valence-electron chi connectivity index (χ1n) is 20.0. The molecule has 1 amide bonds. The number of hydrogen-bond acceptors (Lipinski definition) is 22. The Balaban J connectivity index is 4.12. The average molecular weight is 871 g/mol. The molecule has 0 saturated carbocycles. The number of aliphatic hydroxyl groups excluding tert-OH is 15. The van der Waals surface area contributed by atoms with Crippen LogP contribution < -0.4 is 0 Å². The Morgan fingerprint density at radius 1 is 0.424 bits per heavy atom. The van der Waals surface area contributed by atoms with Crippen molar-refractivity contribution in [3.8, 4) is 0 Å². The highest BCUT2D eigenvalue weighted by Gasteiger charge is 2.35. The molecule has 23 nitrogen and oxygen atoms in total. The summed E-state index contributed by atoms with van der Waals surface area (Å²) in [5, 5.41) is 146. The molecule has 0 heterocycles. The van der Waals surface area contributed by atoms with E-state index in [0.29, 0.717) is 46.1 Å². The quantitative estimate of drug-likeness (QED) is 0.0254. The molecule has 59 heavy (non-hydrogen) atoms. The molecular weight excluding hydrogens is 796 g/mol. The average Bonchev–Trinajstić information content (AvgIpc) is 3.24. The zero-order valence-corrected chi connectivity index (χ0v) is 34.0. The summed E-state index contributed by atoms with van der Waals surface area (Å²) in [5.74, 6) is -0.343. The van der Waals surface area contributed by atoms with E-state index in [1.165, 1.54) is 9.80 Å². The number of ether oxygens (including phenoxy) is 5. The third-order valence-corrected chi connectivity index (χ3v) is 9.21. The summed E-state index contributed by atoms with van der Waals surface area (Å²) >= 11 is 0. The zero-order valence-electron chi connectivity index (χ0n) is 34.0. The van der Waals surface area contributed by atoms with E-state index in [9.17, 15) is 66.1 Å². The Hall–Kier alpha value is -1.37. The summed E-state index contributed by atoms with van der Waals surface area (Å²) in [6.45, 7) is 1.35. The normalized spacial score (nSPS) is 18.4. The van der Waals surface area contributed by atoms with Crippen molar-refractivity contribution in [2.24, 2.45) is 0 Å². The van der Waals surface area contributed by atoms with Crippen molar-refractivity contribution in [1.29, 1.82) is 0 Å². The van der Waals surface area contributed by atoms with Crippen LogP contribution in [0, 0.1) is 0 Å². The van der Waals surface area contributed by atoms with E-state index < -0.39 is 93.1 Å². The Morgan fingerprint density at radius 2 is 0.746 bits per heavy atom. The third kappa shape index (κ3) is 25.4. The van der Waals surface area contributed by atoms with Crippen molar-refractivity contribution < 1.29 is 105 Å². The van der Waals surface area contributed by atoms with Crippen molar-refractivity contribution in [3.05, 3.63) is 0 Å². The van der Waals surface area contributed by atoms with Crippen LogP contribution in [0.3, 0.4) is 0 Å². The first-order chi connectivity index (χ1) is 28.1. The molecule has 0 aliphatic heterocycles. The highest BCUT2D eigenvalue weighted by atomic mass is 16.6. The molecule has 12 atom stereocenters. The molecule has 0 spiro atoms. The van der Waals surface area contributed by atoms with Crippen LogP contribution in [-0.4, -0.2) is 284 Å². The van der Waals surface area contributed by atoms with Gasteiger partial charge in [-0.15, -0.1) is 0 Å². The topological polar surface area (TPSA) is 373 Å². The third-order valence-electron chi connectivity index (χ3n) is 9.21. The van der Waals surface area contributed by atoms with Gasteiger partial charge in [-0.2, -0.15) is 0 Å². The maximum atomic E-state index is 12.4. The van der Waals surface area contributed by atoms with Gasteiger partial charge in [0.15, 0.2) is 0 Å². The minimum atomic E-state index is -1.88. The molecule has 0 unspecified atom stereocenters. The summed E-state index contributed by atoms with van der Waals surface area (Å²) in [7, 11) is 0. The number of amides is 1. The van der Waals surface area contributed by atoms with Gasteiger partial charge in [0.05, 0.1) is 91.3 Å². The number of carbonyl (C=O) groups is 1. The lowest BCUT2D eigenvalue weighted by molar-refractivity contribution is -0.140. The van der Waals surface area contributed by atoms with E-state index in [1.54, 1.807) is 6.92 Å². The van der Waals surface area contributed by atoms with Gasteiger partial charge in [-0.1, -0.05) is 0 Å². The second-order valence-corrected chi connectivity index (χ2v) is 14.0. The number of rotatable bonds is 40. The Bertz CT molecular complexity index is 967. The molecule has 0 radical (unpaired) electrons. The molecule has 0 saturated heterocycles. The largest absolute Gasteiger partial charge is 0.394 e. The molecule has 0 aliphatic carbocycles. The van der Waals surface area contributed by atoms with Gasteiger partial charge in [-0.3, -0.25) is 9.69 Å². The highest BCUT2D eigenvalue weighted by molar-refractivity contribution is 5.76. The molecule has 0 fully saturated rings. The van der Waals surface area contributed by atoms with Gasteiger partial charge in [0.2, 0.25) is 5.91 Å². The lowest BCUT2D eigenvalue weighted by Gasteiger charge is -2.33. The first kappa shape index (κ1) is 57.6. The molecule has 0 rings (SSSR count). The fourth-order valence-electron chi connectivity index (χ4n) is 5.39. The molecule has 23 heteroatoms. The molecule has 0 aliphatic rings. The fraction of sp³-hybridized carbons (Fsp3) is 0.972. The van der Waals surface area contributed by atoms with E-state index in [-0.39, 0.29) is 71.5 Å². The van der Waals surface area contributed by atoms with Crippen LogP contribution in [0.5, 0.6) is 0 Å². The van der Waals surface area contributed by atoms with Crippen LogP contribution in [0.4, 0.5) is 0 Å². The summed E-state index contributed by atoms with van der Waals surface area (Å²) in [6, 6.07) is 0. The SMILES string of the molecule is CCN(C[C@H](O)[C@@H](O)[C@H](O)[C@H](O)CO)C(=O)CCOCCOCCOCCOCCCCCOCCN(C[C@H](O)[C@@H](O)[C@H](O)[C@H](O)CO)C[C@H](O)[C@@H](O)[C@H](O)[C@H](O)CO. The summed E-state index contributed by atoms with van der Waals surface area (Å²) < 4.78 is 27.5. The zero-order chi connectivity index (χ0) is 44.8. The van der Waals surface area contributed by atoms with Crippen LogP contribution in [0.15, 0.2) is 0 Å². The van der Waals surface area contributed by atoms with Gasteiger partial charge >= 0.3 is 0 Å². The number of unbranched alkanes of at least 4 members (excludes halogenated alkanes) is 2. The standard InChI is InChI=1S/C36H74N2O21/c1-2-38(20-26(44)33(51)36(54)29(47)23-41)30(48)6-10-57-13-15-59-17-16-58-14-12-56-9-5-3-4-8-55-11-7-37(18-24(42)31(49)34(52)27(45)21-39)19-25(43)32(50)35(53)28(46)22-40/h24-29,31-36,39-47,49-54H,2-23H2,1H3/t24-,25-,26-,27+,28+,29+,31+,32+,33+,34+,35+,36+/m0/s1. The molecular formula is C36H74N2O21. The van der Waals surface area contributed by atoms with Crippen molar-refractivity contribution in [3.63, 3.8) is 0 Å². The predicted octanol–water partition coefficient (Wildman–Crippen LogP) is -7.91. The molecule has 0 aromatic rings. The minimum absolute atomic E-state index is 0.0127. The molecule has 0 bridgehead atoms. The van der Waals surface area contributed by atoms with Gasteiger partial charge in [0.25, 0.3) is 0 Å². The summed E-state index contributed by atoms with van der Waals surface area (Å²) in [4.78, 5) is 15.1. The van der Waals surface area contributed by atoms with Crippen molar-refractivity contribution in [1.82, 2.24) is 9.80 Å². The van der Waals surface area contributed by atoms with E-state index in [2.05, 4.69) is 0 Å². The van der Waals surface area contributed by atoms with E-state index in [4.69, 9.17) is 39.0 Å². The highest BCUT2D eigenvalue weighted by Crippen LogP contribution is 2.12. The van der Waals surface area contributed by atoms with Crippen molar-refractivity contribution in [2.45, 2.75) is 106 Å². The Labute approximate surface area is 345 Å². The number of nitrogens with zero attached hydrogens (tertiary/aromatic N) is 2. The lowest BCUT2D eigenvalue weighted by atomic mass is 10.0. The minimum Gasteiger partial charge on any atom is -0.394 e. The summed E-state index contributed by atoms with van der Waals surface area (Å²) in [6.07, 6.45) is -18.7. The number of aliphatic hydroxyl groups is 15. The second-order valence-electron chi connectivity index (χ2n) is 14.0. The van der Waals surface area contributed by atoms with Gasteiger partial charge in [0, 0.05) is 45.9 Å². The number of hydrogen-bond donors (Lipinski definition) is 15. The Kier molecular flexibility index (Phi) is 34.3. The molecule has 0 aromatic heterocycles. The van der Waals surface area contributed by atoms with Crippen LogP contribution in [-0.2, 0) is 28.5 Å². The summed E-state index contributed by atoms with van der Waals surface area (Å²) in [5.41, 5.74) is 0. The lowest BCUT2D eigenvalue weighted by Crippen LogP contribution is -2.53. The Morgan fingerprint density at radius 3 is 1.12 bits per heavy atom. The monoisotopic (exact) mass is 870 g/mol.